The first-order valence-electron chi connectivity index (χ1n) is 2.05. The van der Waals surface area contributed by atoms with Gasteiger partial charge in [0.15, 0.2) is 0 Å². The van der Waals surface area contributed by atoms with E-state index < -0.39 is 0 Å². The molecule has 0 saturated heterocycles. The molecule has 0 heterocycles. The molecule has 0 aromatic rings. The van der Waals surface area contributed by atoms with Crippen LogP contribution in [0.5, 0.6) is 0 Å². The normalized spacial score (nSPS) is 2.18. The molecule has 0 fully saturated rings. The summed E-state index contributed by atoms with van der Waals surface area (Å²) in [5, 5.41) is 11.0. The van der Waals surface area contributed by atoms with Gasteiger partial charge in [0.1, 0.15) is 0 Å². The maximum atomic E-state index is 8.50. The van der Waals surface area contributed by atoms with Crippen LogP contribution in [0.2, 0.25) is 0 Å². The molecule has 0 aromatic carbocycles. The minimum absolute atomic E-state index is 0. The summed E-state index contributed by atoms with van der Waals surface area (Å²) in [6.07, 6.45) is 0. The summed E-state index contributed by atoms with van der Waals surface area (Å²) in [7, 11) is 0. The first-order chi connectivity index (χ1) is 4.00. The molecular formula is C5H16F2O2Rf2-2. The molecule has 11 heavy (non-hydrogen) atoms. The largest absolute Gasteiger partial charge is 0.358 e. The average Bonchev–Trinajstić information content (AvgIpc) is 2.03. The first kappa shape index (κ1) is 168. The first-order valence-corrected chi connectivity index (χ1v) is 2.05. The van der Waals surface area contributed by atoms with E-state index in [-0.39, 0.29) is 7.43 Å². The van der Waals surface area contributed by atoms with E-state index in [0.29, 0.717) is 0 Å². The van der Waals surface area contributed by atoms with Crippen molar-refractivity contribution in [3.05, 3.63) is 14.4 Å². The molecule has 0 spiro atoms. The van der Waals surface area contributed by atoms with Gasteiger partial charge in [-0.1, -0.05) is 22.9 Å². The Kier molecular flexibility index (Phi) is 1110. The second-order valence-electron chi connectivity index (χ2n) is 0. The third kappa shape index (κ3) is 52.7. The van der Waals surface area contributed by atoms with Crippen LogP contribution in [0.1, 0.15) is 20.8 Å². The van der Waals surface area contributed by atoms with Crippen LogP contribution in [0.15, 0.2) is 0 Å². The molecule has 0 rings (SSSR count). The van der Waals surface area contributed by atoms with Gasteiger partial charge in [-0.05, 0) is 0 Å². The van der Waals surface area contributed by atoms with Crippen molar-refractivity contribution in [3.8, 4) is 0 Å². The zero-order valence-electron chi connectivity index (χ0n) is 7.77. The van der Waals surface area contributed by atoms with Crippen LogP contribution in [0.3, 0.4) is 0 Å². The van der Waals surface area contributed by atoms with Crippen LogP contribution in [0, 0.1) is 14.4 Å². The summed E-state index contributed by atoms with van der Waals surface area (Å²) < 4.78 is 17.0. The van der Waals surface area contributed by atoms with Crippen molar-refractivity contribution in [3.63, 3.8) is 0 Å². The third-order valence-electron chi connectivity index (χ3n) is 0. The predicted octanol–water partition coefficient (Wildman–Crippen LogP) is 2.04. The van der Waals surface area contributed by atoms with Gasteiger partial charge in [0, 0.05) is 0 Å². The summed E-state index contributed by atoms with van der Waals surface area (Å²) in [6, 6.07) is 0. The molecule has 2 N–H and O–H groups in total. The van der Waals surface area contributed by atoms with Crippen molar-refractivity contribution in [1.29, 1.82) is 0 Å². The monoisotopic (exact) mass is 680 g/mol. The van der Waals surface area contributed by atoms with Crippen molar-refractivity contribution in [2.24, 2.45) is 0 Å². The molecule has 6 heteroatoms. The van der Waals surface area contributed by atoms with Crippen molar-refractivity contribution in [2.75, 3.05) is 0 Å². The fourth-order valence-corrected chi connectivity index (χ4v) is 0. The van der Waals surface area contributed by atoms with Gasteiger partial charge in [-0.15, -0.1) is 0 Å². The molecule has 2 nitrogen and oxygen atoms in total. The molecule has 0 saturated carbocycles. The molecule has 0 radical (unpaired) electrons. The Morgan fingerprint density at radius 1 is 0.818 bits per heavy atom. The summed E-state index contributed by atoms with van der Waals surface area (Å²) in [4.78, 5) is 0. The van der Waals surface area contributed by atoms with Crippen LogP contribution in [-0.2, 0) is 0 Å². The van der Waals surface area contributed by atoms with Crippen molar-refractivity contribution in [1.82, 2.24) is 0 Å². The molecule has 0 aliphatic carbocycles. The van der Waals surface area contributed by atoms with E-state index >= 15 is 0 Å². The molecule has 0 aliphatic heterocycles. The SMILES string of the molecule is CC.OF.OF.[CH2-]C.[CH3-].[Rf].[Rf]. The zero-order valence-corrected chi connectivity index (χ0v) is 20.6. The second-order valence-corrected chi connectivity index (χ2v) is 0. The minimum Gasteiger partial charge on any atom is -0.358 e. The van der Waals surface area contributed by atoms with Gasteiger partial charge in [0.05, 0.1) is 0 Å². The smallest absolute Gasteiger partial charge is 0 e. The Bertz CT molecular complexity index is 20.4. The van der Waals surface area contributed by atoms with E-state index in [1.165, 1.54) is 0 Å². The van der Waals surface area contributed by atoms with E-state index in [0.717, 1.165) is 0 Å². The van der Waals surface area contributed by atoms with Crippen molar-refractivity contribution in [2.45, 2.75) is 20.8 Å². The molecule has 0 unspecified atom stereocenters. The van der Waals surface area contributed by atoms with E-state index in [2.05, 4.69) is 6.92 Å². The van der Waals surface area contributed by atoms with Crippen molar-refractivity contribution < 1.29 is 19.7 Å². The Morgan fingerprint density at radius 2 is 0.818 bits per heavy atom. The summed E-state index contributed by atoms with van der Waals surface area (Å²) in [6.45, 7) is 9.00. The second kappa shape index (κ2) is 72.6. The van der Waals surface area contributed by atoms with Crippen LogP contribution in [0.25, 0.3) is 0 Å². The molecular weight excluding hydrogens is 664 g/mol. The van der Waals surface area contributed by atoms with Gasteiger partial charge in [-0.25, -0.2) is 10.6 Å². The minimum atomic E-state index is 0. The van der Waals surface area contributed by atoms with Gasteiger partial charge in [0.2, 0.25) is 0 Å². The molecule has 0 aliphatic rings. The summed E-state index contributed by atoms with van der Waals surface area (Å²) in [5.41, 5.74) is 0. The fourth-order valence-electron chi connectivity index (χ4n) is 0. The third-order valence-corrected chi connectivity index (χ3v) is 0. The topological polar surface area (TPSA) is 40.5 Å². The van der Waals surface area contributed by atoms with Gasteiger partial charge < -0.3 is 14.4 Å². The maximum Gasteiger partial charge on any atom is 0 e. The van der Waals surface area contributed by atoms with E-state index in [1.54, 1.807) is 6.92 Å². The standard InChI is InChI=1S/C2H6.C2H5.CH3.2FHO.2Rf/c2*1-2;;2*1-2;;/h1-2H3;1H2,2H3;1H3;2*2H;;/q;2*-1;;;;. The number of hydrogen-bond donors (Lipinski definition) is 2. The van der Waals surface area contributed by atoms with E-state index in [9.17, 15) is 0 Å². The van der Waals surface area contributed by atoms with Crippen LogP contribution in [0.4, 0.5) is 9.05 Å². The van der Waals surface area contributed by atoms with Gasteiger partial charge in [-0.2, -0.15) is 6.92 Å². The number of hydrogen-bond acceptors (Lipinski definition) is 2. The maximum absolute atomic E-state index is 8.50. The molecule has 0 aromatic heterocycles. The van der Waals surface area contributed by atoms with Gasteiger partial charge in [-0.3, -0.25) is 0 Å². The Hall–Kier alpha value is -2.22. The average molecular weight is 680 g/mol. The van der Waals surface area contributed by atoms with Crippen LogP contribution < -0.4 is 0 Å². The van der Waals surface area contributed by atoms with Crippen LogP contribution in [-0.4, -0.2) is 10.6 Å². The van der Waals surface area contributed by atoms with Gasteiger partial charge in [0.25, 0.3) is 0 Å². The molecule has 68 valence electrons. The van der Waals surface area contributed by atoms with Crippen molar-refractivity contribution >= 4 is 0 Å². The molecule has 0 bridgehead atoms. The Labute approximate surface area is 55.9 Å². The fraction of sp³-hybridized carbons (Fsp3) is 0.600. The van der Waals surface area contributed by atoms with Crippen LogP contribution >= 0.6 is 0 Å². The van der Waals surface area contributed by atoms with E-state index in [1.807, 2.05) is 13.8 Å². The molecule has 0 amide bonds. The summed E-state index contributed by atoms with van der Waals surface area (Å²) in [5.74, 6) is 0. The summed E-state index contributed by atoms with van der Waals surface area (Å²) >= 11 is 0. The number of rotatable bonds is 0. The number of halogens is 2. The predicted molar refractivity (Wildman–Crippen MR) is 35.4 cm³/mol. The zero-order chi connectivity index (χ0) is 8.00. The Morgan fingerprint density at radius 3 is 0.818 bits per heavy atom. The quantitative estimate of drug-likeness (QED) is 0.385. The Balaban J connectivity index is -0.00000000356. The van der Waals surface area contributed by atoms with Gasteiger partial charge >= 0.3 is 0 Å². The van der Waals surface area contributed by atoms with E-state index in [4.69, 9.17) is 19.7 Å². The molecule has 0 atom stereocenters.